The first kappa shape index (κ1) is 14.3. The van der Waals surface area contributed by atoms with Crippen LogP contribution in [0.5, 0.6) is 11.5 Å². The highest BCUT2D eigenvalue weighted by molar-refractivity contribution is 5.77. The summed E-state index contributed by atoms with van der Waals surface area (Å²) in [6.07, 6.45) is 0. The fraction of sp³-hybridized carbons (Fsp3) is 0.462. The normalized spacial score (nSPS) is 11.8. The smallest absolute Gasteiger partial charge is 0.233 e. The van der Waals surface area contributed by atoms with E-state index in [0.717, 1.165) is 5.56 Å². The standard InChI is InChI=1S/C13H20N2O3/c1-9(15-8-13(16)14-2)10-5-6-11(17-3)12(7-10)18-4/h5-7,9,15H,8H2,1-4H3,(H,14,16). The number of hydrogen-bond donors (Lipinski definition) is 2. The van der Waals surface area contributed by atoms with Crippen LogP contribution in [0.2, 0.25) is 0 Å². The monoisotopic (exact) mass is 252 g/mol. The maximum Gasteiger partial charge on any atom is 0.233 e. The molecule has 1 unspecified atom stereocenters. The van der Waals surface area contributed by atoms with Crippen LogP contribution in [-0.4, -0.2) is 33.7 Å². The van der Waals surface area contributed by atoms with Crippen LogP contribution in [0.15, 0.2) is 18.2 Å². The van der Waals surface area contributed by atoms with Crippen molar-refractivity contribution in [2.45, 2.75) is 13.0 Å². The molecule has 5 nitrogen and oxygen atoms in total. The lowest BCUT2D eigenvalue weighted by Crippen LogP contribution is -2.32. The van der Waals surface area contributed by atoms with Crippen molar-refractivity contribution in [3.05, 3.63) is 23.8 Å². The van der Waals surface area contributed by atoms with Gasteiger partial charge in [0.2, 0.25) is 5.91 Å². The van der Waals surface area contributed by atoms with Crippen molar-refractivity contribution < 1.29 is 14.3 Å². The zero-order valence-electron chi connectivity index (χ0n) is 11.2. The molecule has 0 bridgehead atoms. The summed E-state index contributed by atoms with van der Waals surface area (Å²) in [5.74, 6) is 1.34. The summed E-state index contributed by atoms with van der Waals surface area (Å²) in [7, 11) is 4.82. The molecular weight excluding hydrogens is 232 g/mol. The summed E-state index contributed by atoms with van der Waals surface area (Å²) >= 11 is 0. The maximum atomic E-state index is 11.2. The maximum absolute atomic E-state index is 11.2. The van der Waals surface area contributed by atoms with Crippen molar-refractivity contribution in [2.24, 2.45) is 0 Å². The van der Waals surface area contributed by atoms with Gasteiger partial charge in [-0.05, 0) is 24.6 Å². The van der Waals surface area contributed by atoms with Gasteiger partial charge in [0.15, 0.2) is 11.5 Å². The van der Waals surface area contributed by atoms with Crippen LogP contribution in [0.1, 0.15) is 18.5 Å². The Hall–Kier alpha value is -1.75. The minimum Gasteiger partial charge on any atom is -0.493 e. The first-order valence-corrected chi connectivity index (χ1v) is 5.78. The van der Waals surface area contributed by atoms with E-state index >= 15 is 0 Å². The number of hydrogen-bond acceptors (Lipinski definition) is 4. The SMILES string of the molecule is CNC(=O)CNC(C)c1ccc(OC)c(OC)c1. The molecular formula is C13H20N2O3. The Labute approximate surface area is 107 Å². The van der Waals surface area contributed by atoms with Crippen LogP contribution < -0.4 is 20.1 Å². The number of rotatable bonds is 6. The first-order chi connectivity index (χ1) is 8.62. The predicted molar refractivity (Wildman–Crippen MR) is 70.0 cm³/mol. The van der Waals surface area contributed by atoms with Gasteiger partial charge in [0.25, 0.3) is 0 Å². The molecule has 0 spiro atoms. The zero-order valence-corrected chi connectivity index (χ0v) is 11.2. The molecule has 0 saturated carbocycles. The minimum absolute atomic E-state index is 0.0395. The van der Waals surface area contributed by atoms with Crippen LogP contribution in [0.4, 0.5) is 0 Å². The van der Waals surface area contributed by atoms with Crippen LogP contribution in [-0.2, 0) is 4.79 Å². The third kappa shape index (κ3) is 3.63. The first-order valence-electron chi connectivity index (χ1n) is 5.78. The quantitative estimate of drug-likeness (QED) is 0.796. The summed E-state index contributed by atoms with van der Waals surface area (Å²) < 4.78 is 10.4. The van der Waals surface area contributed by atoms with Crippen LogP contribution >= 0.6 is 0 Å². The number of nitrogens with one attached hydrogen (secondary N) is 2. The molecule has 0 heterocycles. The van der Waals surface area contributed by atoms with Crippen molar-refractivity contribution in [3.8, 4) is 11.5 Å². The molecule has 5 heteroatoms. The molecule has 0 radical (unpaired) electrons. The molecule has 1 atom stereocenters. The third-order valence-electron chi connectivity index (χ3n) is 2.76. The molecule has 1 aromatic carbocycles. The Morgan fingerprint density at radius 1 is 1.28 bits per heavy atom. The molecule has 1 rings (SSSR count). The molecule has 100 valence electrons. The zero-order chi connectivity index (χ0) is 13.5. The molecule has 0 fully saturated rings. The van der Waals surface area contributed by atoms with Gasteiger partial charge < -0.3 is 20.1 Å². The van der Waals surface area contributed by atoms with Crippen molar-refractivity contribution in [1.29, 1.82) is 0 Å². The van der Waals surface area contributed by atoms with Gasteiger partial charge in [-0.1, -0.05) is 6.07 Å². The summed E-state index contributed by atoms with van der Waals surface area (Å²) in [6, 6.07) is 5.76. The van der Waals surface area contributed by atoms with E-state index in [1.807, 2.05) is 25.1 Å². The van der Waals surface area contributed by atoms with E-state index in [2.05, 4.69) is 10.6 Å². The number of carbonyl (C=O) groups is 1. The number of methoxy groups -OCH3 is 2. The lowest BCUT2D eigenvalue weighted by atomic mass is 10.1. The Bertz CT molecular complexity index is 407. The van der Waals surface area contributed by atoms with Crippen molar-refractivity contribution in [2.75, 3.05) is 27.8 Å². The summed E-state index contributed by atoms with van der Waals surface area (Å²) in [4.78, 5) is 11.2. The van der Waals surface area contributed by atoms with Crippen LogP contribution in [0.25, 0.3) is 0 Å². The van der Waals surface area contributed by atoms with Gasteiger partial charge in [0.1, 0.15) is 0 Å². The molecule has 0 aromatic heterocycles. The van der Waals surface area contributed by atoms with Crippen LogP contribution in [0, 0.1) is 0 Å². The van der Waals surface area contributed by atoms with Crippen LogP contribution in [0.3, 0.4) is 0 Å². The average molecular weight is 252 g/mol. The van der Waals surface area contributed by atoms with E-state index in [0.29, 0.717) is 11.5 Å². The summed E-state index contributed by atoms with van der Waals surface area (Å²) in [6.45, 7) is 2.27. The highest BCUT2D eigenvalue weighted by Crippen LogP contribution is 2.29. The molecule has 18 heavy (non-hydrogen) atoms. The second kappa shape index (κ2) is 6.86. The second-order valence-electron chi connectivity index (χ2n) is 3.89. The van der Waals surface area contributed by atoms with E-state index < -0.39 is 0 Å². The molecule has 0 saturated heterocycles. The Balaban J connectivity index is 2.73. The average Bonchev–Trinajstić information content (AvgIpc) is 2.43. The molecule has 0 aliphatic carbocycles. The highest BCUT2D eigenvalue weighted by Gasteiger charge is 2.10. The molecule has 1 amide bonds. The second-order valence-corrected chi connectivity index (χ2v) is 3.89. The Morgan fingerprint density at radius 3 is 2.50 bits per heavy atom. The van der Waals surface area contributed by atoms with Crippen molar-refractivity contribution >= 4 is 5.91 Å². The predicted octanol–water partition coefficient (Wildman–Crippen LogP) is 1.10. The fourth-order valence-corrected chi connectivity index (χ4v) is 1.57. The lowest BCUT2D eigenvalue weighted by molar-refractivity contribution is -0.119. The molecule has 0 aliphatic heterocycles. The third-order valence-corrected chi connectivity index (χ3v) is 2.76. The lowest BCUT2D eigenvalue weighted by Gasteiger charge is -2.16. The largest absolute Gasteiger partial charge is 0.493 e. The van der Waals surface area contributed by atoms with Gasteiger partial charge in [-0.25, -0.2) is 0 Å². The molecule has 2 N–H and O–H groups in total. The van der Waals surface area contributed by atoms with Gasteiger partial charge in [-0.3, -0.25) is 4.79 Å². The molecule has 1 aromatic rings. The van der Waals surface area contributed by atoms with Gasteiger partial charge >= 0.3 is 0 Å². The van der Waals surface area contributed by atoms with Gasteiger partial charge in [-0.15, -0.1) is 0 Å². The van der Waals surface area contributed by atoms with E-state index in [1.165, 1.54) is 0 Å². The van der Waals surface area contributed by atoms with Crippen molar-refractivity contribution in [1.82, 2.24) is 10.6 Å². The Kier molecular flexibility index (Phi) is 5.45. The Morgan fingerprint density at radius 2 is 1.94 bits per heavy atom. The van der Waals surface area contributed by atoms with Gasteiger partial charge in [-0.2, -0.15) is 0 Å². The van der Waals surface area contributed by atoms with E-state index in [-0.39, 0.29) is 18.5 Å². The van der Waals surface area contributed by atoms with Gasteiger partial charge in [0.05, 0.1) is 20.8 Å². The molecule has 0 aliphatic rings. The van der Waals surface area contributed by atoms with E-state index in [9.17, 15) is 4.79 Å². The number of carbonyl (C=O) groups excluding carboxylic acids is 1. The number of benzene rings is 1. The number of amides is 1. The summed E-state index contributed by atoms with van der Waals surface area (Å²) in [5, 5.41) is 5.70. The minimum atomic E-state index is -0.0395. The number of likely N-dealkylation sites (N-methyl/N-ethyl adjacent to an activating group) is 1. The fourth-order valence-electron chi connectivity index (χ4n) is 1.57. The number of ether oxygens (including phenoxy) is 2. The van der Waals surface area contributed by atoms with E-state index in [4.69, 9.17) is 9.47 Å². The topological polar surface area (TPSA) is 59.6 Å². The van der Waals surface area contributed by atoms with Gasteiger partial charge in [0, 0.05) is 13.1 Å². The highest BCUT2D eigenvalue weighted by atomic mass is 16.5. The van der Waals surface area contributed by atoms with E-state index in [1.54, 1.807) is 21.3 Å². The summed E-state index contributed by atoms with van der Waals surface area (Å²) in [5.41, 5.74) is 1.04. The van der Waals surface area contributed by atoms with Crippen molar-refractivity contribution in [3.63, 3.8) is 0 Å².